The van der Waals surface area contributed by atoms with Gasteiger partial charge in [0.25, 0.3) is 0 Å². The average molecular weight is 254 g/mol. The lowest BCUT2D eigenvalue weighted by Gasteiger charge is -2.36. The van der Waals surface area contributed by atoms with Crippen LogP contribution in [0, 0.1) is 0 Å². The number of hydrogen-bond donors (Lipinski definition) is 2. The summed E-state index contributed by atoms with van der Waals surface area (Å²) in [7, 11) is 5.78. The molecular weight excluding hydrogens is 228 g/mol. The molecular formula is C13H26N4O. The van der Waals surface area contributed by atoms with E-state index in [2.05, 4.69) is 22.6 Å². The van der Waals surface area contributed by atoms with E-state index in [-0.39, 0.29) is 6.03 Å². The molecule has 2 heterocycles. The lowest BCUT2D eigenvalue weighted by atomic mass is 9.98. The first-order valence-electron chi connectivity index (χ1n) is 6.98. The number of piperidine rings is 1. The molecule has 2 N–H and O–H groups in total. The first-order valence-corrected chi connectivity index (χ1v) is 6.98. The van der Waals surface area contributed by atoms with E-state index in [1.165, 1.54) is 25.7 Å². The smallest absolute Gasteiger partial charge is 0.316 e. The fraction of sp³-hybridized carbons (Fsp3) is 0.923. The third-order valence-electron chi connectivity index (χ3n) is 4.34. The lowest BCUT2D eigenvalue weighted by molar-refractivity contribution is 0.149. The first-order chi connectivity index (χ1) is 8.58. The Kier molecular flexibility index (Phi) is 4.45. The maximum Gasteiger partial charge on any atom is 0.316 e. The molecule has 0 aliphatic carbocycles. The third kappa shape index (κ3) is 3.14. The molecule has 2 fully saturated rings. The van der Waals surface area contributed by atoms with Crippen LogP contribution in [0.1, 0.15) is 25.7 Å². The number of carbonyl (C=O) groups excluding carboxylic acids is 1. The quantitative estimate of drug-likeness (QED) is 0.717. The van der Waals surface area contributed by atoms with E-state index in [0.717, 1.165) is 18.6 Å². The zero-order chi connectivity index (χ0) is 13.1. The summed E-state index contributed by atoms with van der Waals surface area (Å²) in [6.45, 7) is 1.58. The van der Waals surface area contributed by atoms with Gasteiger partial charge in [-0.05, 0) is 32.7 Å². The number of nitrogens with zero attached hydrogens (tertiary/aromatic N) is 2. The fourth-order valence-corrected chi connectivity index (χ4v) is 3.18. The lowest BCUT2D eigenvalue weighted by Crippen LogP contribution is -2.48. The van der Waals surface area contributed by atoms with Crippen LogP contribution in [0.2, 0.25) is 0 Å². The zero-order valence-electron chi connectivity index (χ0n) is 11.8. The summed E-state index contributed by atoms with van der Waals surface area (Å²) in [6, 6.07) is 2.17. The molecule has 2 amide bonds. The molecule has 0 saturated carbocycles. The second-order valence-electron chi connectivity index (χ2n) is 5.80. The highest BCUT2D eigenvalue weighted by Crippen LogP contribution is 2.33. The van der Waals surface area contributed by atoms with Crippen LogP contribution >= 0.6 is 0 Å². The number of urea groups is 1. The van der Waals surface area contributed by atoms with Crippen LogP contribution in [0.15, 0.2) is 0 Å². The molecule has 104 valence electrons. The van der Waals surface area contributed by atoms with Gasteiger partial charge < -0.3 is 20.4 Å². The minimum absolute atomic E-state index is 0.0137. The van der Waals surface area contributed by atoms with Gasteiger partial charge in [-0.3, -0.25) is 0 Å². The number of rotatable bonds is 4. The number of amides is 2. The van der Waals surface area contributed by atoms with E-state index in [1.807, 2.05) is 0 Å². The van der Waals surface area contributed by atoms with Gasteiger partial charge in [0.2, 0.25) is 0 Å². The van der Waals surface area contributed by atoms with Gasteiger partial charge in [0, 0.05) is 45.3 Å². The van der Waals surface area contributed by atoms with E-state index in [1.54, 1.807) is 19.0 Å². The molecule has 18 heavy (non-hydrogen) atoms. The molecule has 0 aromatic heterocycles. The van der Waals surface area contributed by atoms with Crippen molar-refractivity contribution in [1.82, 2.24) is 20.4 Å². The van der Waals surface area contributed by atoms with Gasteiger partial charge in [-0.1, -0.05) is 0 Å². The van der Waals surface area contributed by atoms with E-state index >= 15 is 0 Å². The van der Waals surface area contributed by atoms with Crippen LogP contribution in [0.4, 0.5) is 4.79 Å². The standard InChI is InChI=1S/C13H26N4O/c1-16(2)13(18)15-7-6-14-10-8-11-4-5-12(9-10)17(11)3/h10-12,14H,4-9H2,1-3H3,(H,15,18). The van der Waals surface area contributed by atoms with Crippen molar-refractivity contribution in [1.29, 1.82) is 0 Å². The maximum atomic E-state index is 11.3. The van der Waals surface area contributed by atoms with Gasteiger partial charge in [0.05, 0.1) is 0 Å². The predicted octanol–water partition coefficient (Wildman–Crippen LogP) is 0.472. The monoisotopic (exact) mass is 254 g/mol. The molecule has 2 rings (SSSR count). The molecule has 2 bridgehead atoms. The minimum Gasteiger partial charge on any atom is -0.337 e. The second kappa shape index (κ2) is 5.89. The first kappa shape index (κ1) is 13.6. The minimum atomic E-state index is -0.0137. The van der Waals surface area contributed by atoms with Gasteiger partial charge in [-0.2, -0.15) is 0 Å². The molecule has 0 aromatic carbocycles. The largest absolute Gasteiger partial charge is 0.337 e. The maximum absolute atomic E-state index is 11.3. The van der Waals surface area contributed by atoms with E-state index in [9.17, 15) is 4.79 Å². The molecule has 2 saturated heterocycles. The zero-order valence-corrected chi connectivity index (χ0v) is 11.8. The molecule has 0 spiro atoms. The van der Waals surface area contributed by atoms with Crippen LogP contribution in [0.5, 0.6) is 0 Å². The molecule has 2 aliphatic rings. The molecule has 2 aliphatic heterocycles. The van der Waals surface area contributed by atoms with Crippen LogP contribution in [-0.4, -0.2) is 68.2 Å². The Morgan fingerprint density at radius 1 is 1.22 bits per heavy atom. The van der Waals surface area contributed by atoms with Gasteiger partial charge in [0.15, 0.2) is 0 Å². The van der Waals surface area contributed by atoms with Crippen molar-refractivity contribution in [2.75, 3.05) is 34.2 Å². The van der Waals surface area contributed by atoms with Gasteiger partial charge >= 0.3 is 6.03 Å². The molecule has 5 nitrogen and oxygen atoms in total. The Morgan fingerprint density at radius 2 is 1.83 bits per heavy atom. The van der Waals surface area contributed by atoms with Crippen molar-refractivity contribution in [2.45, 2.75) is 43.8 Å². The topological polar surface area (TPSA) is 47.6 Å². The van der Waals surface area contributed by atoms with Crippen LogP contribution in [-0.2, 0) is 0 Å². The van der Waals surface area contributed by atoms with Crippen molar-refractivity contribution in [3.63, 3.8) is 0 Å². The Morgan fingerprint density at radius 3 is 2.39 bits per heavy atom. The van der Waals surface area contributed by atoms with E-state index in [0.29, 0.717) is 12.6 Å². The van der Waals surface area contributed by atoms with Gasteiger partial charge in [-0.15, -0.1) is 0 Å². The number of fused-ring (bicyclic) bond motifs is 2. The normalized spacial score (nSPS) is 31.4. The Hall–Kier alpha value is -0.810. The van der Waals surface area contributed by atoms with Gasteiger partial charge in [-0.25, -0.2) is 4.79 Å². The Bertz CT molecular complexity index is 281. The molecule has 5 heteroatoms. The van der Waals surface area contributed by atoms with Crippen molar-refractivity contribution in [3.8, 4) is 0 Å². The summed E-state index contributed by atoms with van der Waals surface area (Å²) in [4.78, 5) is 15.4. The van der Waals surface area contributed by atoms with Gasteiger partial charge in [0.1, 0.15) is 0 Å². The van der Waals surface area contributed by atoms with Crippen molar-refractivity contribution >= 4 is 6.03 Å². The van der Waals surface area contributed by atoms with Crippen molar-refractivity contribution in [3.05, 3.63) is 0 Å². The average Bonchev–Trinajstić information content (AvgIpc) is 2.56. The Balaban J connectivity index is 1.62. The molecule has 2 unspecified atom stereocenters. The molecule has 0 radical (unpaired) electrons. The number of carbonyl (C=O) groups is 1. The second-order valence-corrected chi connectivity index (χ2v) is 5.80. The summed E-state index contributed by atoms with van der Waals surface area (Å²) in [5, 5.41) is 6.46. The number of nitrogens with one attached hydrogen (secondary N) is 2. The van der Waals surface area contributed by atoms with Crippen LogP contribution in [0.25, 0.3) is 0 Å². The van der Waals surface area contributed by atoms with Crippen molar-refractivity contribution in [2.24, 2.45) is 0 Å². The Labute approximate surface area is 110 Å². The summed E-state index contributed by atoms with van der Waals surface area (Å²) in [5.41, 5.74) is 0. The molecule has 0 aromatic rings. The summed E-state index contributed by atoms with van der Waals surface area (Å²) >= 11 is 0. The summed E-state index contributed by atoms with van der Waals surface area (Å²) < 4.78 is 0. The highest BCUT2D eigenvalue weighted by molar-refractivity contribution is 5.73. The fourth-order valence-electron chi connectivity index (χ4n) is 3.18. The highest BCUT2D eigenvalue weighted by Gasteiger charge is 2.37. The molecule has 2 atom stereocenters. The predicted molar refractivity (Wildman–Crippen MR) is 72.7 cm³/mol. The summed E-state index contributed by atoms with van der Waals surface area (Å²) in [6.07, 6.45) is 5.23. The van der Waals surface area contributed by atoms with E-state index in [4.69, 9.17) is 0 Å². The third-order valence-corrected chi connectivity index (χ3v) is 4.34. The van der Waals surface area contributed by atoms with Crippen LogP contribution in [0.3, 0.4) is 0 Å². The SMILES string of the molecule is CN(C)C(=O)NCCNC1CC2CCC(C1)N2C. The summed E-state index contributed by atoms with van der Waals surface area (Å²) in [5.74, 6) is 0. The van der Waals surface area contributed by atoms with Crippen LogP contribution < -0.4 is 10.6 Å². The highest BCUT2D eigenvalue weighted by atomic mass is 16.2. The van der Waals surface area contributed by atoms with Crippen molar-refractivity contribution < 1.29 is 4.79 Å². The number of hydrogen-bond acceptors (Lipinski definition) is 3. The van der Waals surface area contributed by atoms with E-state index < -0.39 is 0 Å².